The smallest absolute Gasteiger partial charge is 0.142 e. The lowest BCUT2D eigenvalue weighted by molar-refractivity contribution is 1.31. The van der Waals surface area contributed by atoms with Crippen molar-refractivity contribution in [2.75, 3.05) is 5.73 Å². The number of nitrogens with zero attached hydrogens (tertiary/aromatic N) is 2. The molecule has 0 bridgehead atoms. The molecule has 0 aliphatic carbocycles. The normalized spacial score (nSPS) is 10.4. The number of aryl methyl sites for hydroxylation is 1. The molecule has 5 heteroatoms. The van der Waals surface area contributed by atoms with Crippen molar-refractivity contribution in [2.45, 2.75) is 6.92 Å². The van der Waals surface area contributed by atoms with E-state index in [2.05, 4.69) is 27.0 Å². The number of aromatic nitrogens is 1. The molecule has 0 aliphatic heterocycles. The highest BCUT2D eigenvalue weighted by molar-refractivity contribution is 9.11. The van der Waals surface area contributed by atoms with Gasteiger partial charge in [-0.3, -0.25) is 0 Å². The van der Waals surface area contributed by atoms with Crippen LogP contribution in [0.1, 0.15) is 11.1 Å². The molecule has 3 nitrogen and oxygen atoms in total. The Bertz CT molecular complexity index is 876. The summed E-state index contributed by atoms with van der Waals surface area (Å²) in [6, 6.07) is 16.1. The van der Waals surface area contributed by atoms with Crippen LogP contribution in [-0.4, -0.2) is 4.98 Å². The summed E-state index contributed by atoms with van der Waals surface area (Å²) in [6.07, 6.45) is 0. The largest absolute Gasteiger partial charge is 0.383 e. The van der Waals surface area contributed by atoms with Crippen molar-refractivity contribution in [3.8, 4) is 27.8 Å². The highest BCUT2D eigenvalue weighted by atomic mass is 79.9. The zero-order valence-corrected chi connectivity index (χ0v) is 14.2. The maximum absolute atomic E-state index is 9.39. The fraction of sp³-hybridized carbons (Fsp3) is 0.0588. The van der Waals surface area contributed by atoms with Gasteiger partial charge >= 0.3 is 0 Å². The lowest BCUT2D eigenvalue weighted by Crippen LogP contribution is -1.99. The Morgan fingerprint density at radius 3 is 2.50 bits per heavy atom. The summed E-state index contributed by atoms with van der Waals surface area (Å²) in [5.74, 6) is 0.264. The lowest BCUT2D eigenvalue weighted by Gasteiger charge is -2.09. The molecule has 0 fully saturated rings. The van der Waals surface area contributed by atoms with Crippen LogP contribution in [0.25, 0.3) is 21.7 Å². The number of thiophene rings is 1. The van der Waals surface area contributed by atoms with E-state index in [1.807, 2.05) is 49.4 Å². The van der Waals surface area contributed by atoms with Crippen LogP contribution in [0.3, 0.4) is 0 Å². The first-order valence-electron chi connectivity index (χ1n) is 6.62. The number of hydrogen-bond donors (Lipinski definition) is 1. The molecule has 0 saturated carbocycles. The number of nitrogens with two attached hydrogens (primary N) is 1. The highest BCUT2D eigenvalue weighted by Gasteiger charge is 2.14. The molecule has 0 saturated heterocycles. The average Bonchev–Trinajstić information content (AvgIpc) is 2.93. The molecular weight excluding hydrogens is 358 g/mol. The summed E-state index contributed by atoms with van der Waals surface area (Å²) in [5, 5.41) is 9.39. The number of hydrogen-bond acceptors (Lipinski definition) is 4. The Morgan fingerprint density at radius 2 is 1.91 bits per heavy atom. The second kappa shape index (κ2) is 5.91. The van der Waals surface area contributed by atoms with E-state index in [0.29, 0.717) is 5.56 Å². The molecule has 0 atom stereocenters. The molecule has 0 spiro atoms. The Hall–Kier alpha value is -2.16. The van der Waals surface area contributed by atoms with E-state index in [4.69, 9.17) is 5.73 Å². The van der Waals surface area contributed by atoms with Gasteiger partial charge in [0, 0.05) is 16.0 Å². The number of nitriles is 1. The van der Waals surface area contributed by atoms with Crippen LogP contribution < -0.4 is 5.73 Å². The zero-order chi connectivity index (χ0) is 15.7. The van der Waals surface area contributed by atoms with Crippen molar-refractivity contribution in [1.29, 1.82) is 5.26 Å². The van der Waals surface area contributed by atoms with Gasteiger partial charge in [0.05, 0.1) is 9.48 Å². The third kappa shape index (κ3) is 2.76. The van der Waals surface area contributed by atoms with Gasteiger partial charge in [0.1, 0.15) is 17.5 Å². The van der Waals surface area contributed by atoms with Crippen LogP contribution >= 0.6 is 27.3 Å². The van der Waals surface area contributed by atoms with E-state index in [9.17, 15) is 5.26 Å². The summed E-state index contributed by atoms with van der Waals surface area (Å²) < 4.78 is 1.01. The zero-order valence-electron chi connectivity index (χ0n) is 11.8. The molecule has 2 N–H and O–H groups in total. The van der Waals surface area contributed by atoms with Gasteiger partial charge in [0.2, 0.25) is 0 Å². The fourth-order valence-electron chi connectivity index (χ4n) is 2.21. The standard InChI is InChI=1S/C17H12BrN3S/c1-10-2-4-11(5-3-10)14-8-12(13(9-19)17(20)21-14)15-6-7-16(18)22-15/h2-8H,1H3,(H2,20,21). The highest BCUT2D eigenvalue weighted by Crippen LogP contribution is 2.36. The van der Waals surface area contributed by atoms with Crippen LogP contribution in [0.5, 0.6) is 0 Å². The first-order valence-corrected chi connectivity index (χ1v) is 8.23. The third-order valence-electron chi connectivity index (χ3n) is 3.35. The summed E-state index contributed by atoms with van der Waals surface area (Å²) in [6.45, 7) is 2.04. The quantitative estimate of drug-likeness (QED) is 0.690. The molecule has 1 aromatic carbocycles. The predicted octanol–water partition coefficient (Wildman–Crippen LogP) is 5.00. The molecule has 2 aromatic heterocycles. The SMILES string of the molecule is Cc1ccc(-c2cc(-c3ccc(Br)s3)c(C#N)c(N)n2)cc1. The molecule has 0 aliphatic rings. The van der Waals surface area contributed by atoms with Crippen molar-refractivity contribution in [1.82, 2.24) is 4.98 Å². The molecule has 0 radical (unpaired) electrons. The van der Waals surface area contributed by atoms with Gasteiger partial charge in [-0.15, -0.1) is 11.3 Å². The number of pyridine rings is 1. The van der Waals surface area contributed by atoms with Crippen LogP contribution in [0, 0.1) is 18.3 Å². The van der Waals surface area contributed by atoms with Crippen LogP contribution in [0.2, 0.25) is 0 Å². The van der Waals surface area contributed by atoms with E-state index >= 15 is 0 Å². The summed E-state index contributed by atoms with van der Waals surface area (Å²) in [5.41, 5.74) is 10.2. The van der Waals surface area contributed by atoms with Crippen molar-refractivity contribution in [3.63, 3.8) is 0 Å². The Labute approximate surface area is 141 Å². The second-order valence-electron chi connectivity index (χ2n) is 4.90. The van der Waals surface area contributed by atoms with Crippen LogP contribution in [0.15, 0.2) is 46.3 Å². The first kappa shape index (κ1) is 14.8. The van der Waals surface area contributed by atoms with Crippen molar-refractivity contribution < 1.29 is 0 Å². The van der Waals surface area contributed by atoms with E-state index < -0.39 is 0 Å². The monoisotopic (exact) mass is 369 g/mol. The van der Waals surface area contributed by atoms with E-state index in [-0.39, 0.29) is 5.82 Å². The van der Waals surface area contributed by atoms with Crippen LogP contribution in [-0.2, 0) is 0 Å². The third-order valence-corrected chi connectivity index (χ3v) is 5.00. The molecule has 0 amide bonds. The topological polar surface area (TPSA) is 62.7 Å². The van der Waals surface area contributed by atoms with Crippen molar-refractivity contribution in [3.05, 3.63) is 57.4 Å². The predicted molar refractivity (Wildman–Crippen MR) is 94.6 cm³/mol. The van der Waals surface area contributed by atoms with Gasteiger partial charge in [-0.05, 0) is 41.1 Å². The molecule has 108 valence electrons. The number of nitrogen functional groups attached to an aromatic ring is 1. The average molecular weight is 370 g/mol. The Morgan fingerprint density at radius 1 is 1.18 bits per heavy atom. The summed E-state index contributed by atoms with van der Waals surface area (Å²) in [4.78, 5) is 5.38. The lowest BCUT2D eigenvalue weighted by atomic mass is 10.0. The second-order valence-corrected chi connectivity index (χ2v) is 7.36. The minimum atomic E-state index is 0.264. The minimum Gasteiger partial charge on any atom is -0.383 e. The van der Waals surface area contributed by atoms with Crippen molar-refractivity contribution in [2.24, 2.45) is 0 Å². The van der Waals surface area contributed by atoms with Gasteiger partial charge in [0.25, 0.3) is 0 Å². The summed E-state index contributed by atoms with van der Waals surface area (Å²) in [7, 11) is 0. The van der Waals surface area contributed by atoms with E-state index in [1.165, 1.54) is 5.56 Å². The van der Waals surface area contributed by atoms with Crippen LogP contribution in [0.4, 0.5) is 5.82 Å². The number of rotatable bonds is 2. The van der Waals surface area contributed by atoms with Gasteiger partial charge in [-0.25, -0.2) is 4.98 Å². The molecule has 22 heavy (non-hydrogen) atoms. The van der Waals surface area contributed by atoms with E-state index in [1.54, 1.807) is 11.3 Å². The molecule has 3 aromatic rings. The maximum atomic E-state index is 9.39. The maximum Gasteiger partial charge on any atom is 0.142 e. The van der Waals surface area contributed by atoms with Gasteiger partial charge in [-0.1, -0.05) is 29.8 Å². The fourth-order valence-corrected chi connectivity index (χ4v) is 3.62. The first-order chi connectivity index (χ1) is 10.6. The number of benzene rings is 1. The minimum absolute atomic E-state index is 0.264. The van der Waals surface area contributed by atoms with Gasteiger partial charge < -0.3 is 5.73 Å². The molecular formula is C17H12BrN3S. The number of halogens is 1. The molecule has 3 rings (SSSR count). The van der Waals surface area contributed by atoms with Gasteiger partial charge in [0.15, 0.2) is 0 Å². The Kier molecular flexibility index (Phi) is 3.97. The van der Waals surface area contributed by atoms with Crippen molar-refractivity contribution >= 4 is 33.1 Å². The van der Waals surface area contributed by atoms with E-state index in [0.717, 1.165) is 25.5 Å². The molecule has 2 heterocycles. The Balaban J connectivity index is 2.20. The van der Waals surface area contributed by atoms with Gasteiger partial charge in [-0.2, -0.15) is 5.26 Å². The molecule has 0 unspecified atom stereocenters. The summed E-state index contributed by atoms with van der Waals surface area (Å²) >= 11 is 5.02. The number of anilines is 1.